The van der Waals surface area contributed by atoms with Crippen LogP contribution in [0.25, 0.3) is 22.0 Å². The number of carboxylic acid groups (broad SMARTS) is 1. The highest BCUT2D eigenvalue weighted by Gasteiger charge is 2.27. The van der Waals surface area contributed by atoms with Gasteiger partial charge in [0.15, 0.2) is 11.6 Å². The maximum Gasteiger partial charge on any atom is 0.326 e. The van der Waals surface area contributed by atoms with Gasteiger partial charge in [0.25, 0.3) is 5.91 Å². The van der Waals surface area contributed by atoms with Crippen molar-refractivity contribution < 1.29 is 37.0 Å². The van der Waals surface area contributed by atoms with Crippen molar-refractivity contribution in [2.24, 2.45) is 5.92 Å². The number of ether oxygens (including phenoxy) is 1. The molecular weight excluding hydrogens is 516 g/mol. The summed E-state index contributed by atoms with van der Waals surface area (Å²) in [6.07, 6.45) is 3.26. The van der Waals surface area contributed by atoms with E-state index < -0.39 is 46.8 Å². The summed E-state index contributed by atoms with van der Waals surface area (Å²) in [7, 11) is 0. The minimum absolute atomic E-state index is 0.156. The molecule has 0 aliphatic heterocycles. The van der Waals surface area contributed by atoms with E-state index in [1.165, 1.54) is 6.20 Å². The van der Waals surface area contributed by atoms with Gasteiger partial charge in [-0.3, -0.25) is 9.78 Å². The van der Waals surface area contributed by atoms with E-state index in [0.29, 0.717) is 34.6 Å². The molecule has 2 N–H and O–H groups in total. The lowest BCUT2D eigenvalue weighted by Gasteiger charge is -2.18. The highest BCUT2D eigenvalue weighted by Crippen LogP contribution is 2.38. The summed E-state index contributed by atoms with van der Waals surface area (Å²) in [6.45, 7) is 0.365. The number of hydrogen-bond acceptors (Lipinski definition) is 4. The second kappa shape index (κ2) is 10.7. The molecule has 1 aliphatic carbocycles. The average molecular weight is 538 g/mol. The van der Waals surface area contributed by atoms with E-state index >= 15 is 0 Å². The van der Waals surface area contributed by atoms with Crippen molar-refractivity contribution in [3.63, 3.8) is 0 Å². The van der Waals surface area contributed by atoms with Crippen LogP contribution in [0.15, 0.2) is 60.8 Å². The lowest BCUT2D eigenvalue weighted by atomic mass is 9.94. The molecule has 10 heteroatoms. The Kier molecular flexibility index (Phi) is 7.19. The van der Waals surface area contributed by atoms with Crippen molar-refractivity contribution >= 4 is 22.8 Å². The van der Waals surface area contributed by atoms with Gasteiger partial charge < -0.3 is 15.2 Å². The first-order valence-electron chi connectivity index (χ1n) is 12.2. The molecule has 1 fully saturated rings. The fraction of sp³-hybridized carbons (Fsp3) is 0.207. The highest BCUT2D eigenvalue weighted by atomic mass is 19.2. The summed E-state index contributed by atoms with van der Waals surface area (Å²) >= 11 is 0. The third kappa shape index (κ3) is 5.55. The van der Waals surface area contributed by atoms with Gasteiger partial charge in [0.05, 0.1) is 12.1 Å². The number of carbonyl (C=O) groups excluding carboxylic acids is 1. The van der Waals surface area contributed by atoms with Crippen molar-refractivity contribution in [2.75, 3.05) is 6.61 Å². The number of halogens is 4. The molecule has 1 aliphatic rings. The molecule has 1 saturated carbocycles. The number of fused-ring (bicyclic) bond motifs is 1. The zero-order valence-corrected chi connectivity index (χ0v) is 20.4. The second-order valence-corrected chi connectivity index (χ2v) is 9.35. The van der Waals surface area contributed by atoms with Crippen molar-refractivity contribution in [3.8, 4) is 16.9 Å². The van der Waals surface area contributed by atoms with Gasteiger partial charge in [-0.05, 0) is 48.6 Å². The molecule has 1 heterocycles. The number of pyridine rings is 1. The second-order valence-electron chi connectivity index (χ2n) is 9.35. The zero-order valence-electron chi connectivity index (χ0n) is 20.4. The fourth-order valence-corrected chi connectivity index (χ4v) is 4.34. The number of hydrogen-bond donors (Lipinski definition) is 2. The van der Waals surface area contributed by atoms with Crippen LogP contribution in [0.2, 0.25) is 0 Å². The summed E-state index contributed by atoms with van der Waals surface area (Å²) in [5.41, 5.74) is 0.647. The third-order valence-electron chi connectivity index (χ3n) is 6.56. The number of nitrogens with one attached hydrogen (secondary N) is 1. The van der Waals surface area contributed by atoms with Crippen LogP contribution in [-0.2, 0) is 11.2 Å². The lowest BCUT2D eigenvalue weighted by molar-refractivity contribution is -0.139. The Balaban J connectivity index is 1.50. The number of nitrogens with zero attached hydrogens (tertiary/aromatic N) is 1. The van der Waals surface area contributed by atoms with E-state index in [2.05, 4.69) is 10.3 Å². The maximum absolute atomic E-state index is 14.3. The van der Waals surface area contributed by atoms with E-state index in [9.17, 15) is 32.3 Å². The Hall–Kier alpha value is -4.47. The first kappa shape index (κ1) is 26.1. The molecule has 0 saturated heterocycles. The van der Waals surface area contributed by atoms with Crippen molar-refractivity contribution in [1.29, 1.82) is 0 Å². The van der Waals surface area contributed by atoms with Gasteiger partial charge in [-0.15, -0.1) is 0 Å². The molecule has 5 rings (SSSR count). The number of aromatic nitrogens is 1. The van der Waals surface area contributed by atoms with Gasteiger partial charge in [-0.2, -0.15) is 0 Å². The molecular formula is C29H22F4N2O4. The van der Waals surface area contributed by atoms with Crippen LogP contribution in [0.4, 0.5) is 17.6 Å². The van der Waals surface area contributed by atoms with Crippen LogP contribution < -0.4 is 10.1 Å². The molecule has 6 nitrogen and oxygen atoms in total. The molecule has 200 valence electrons. The molecule has 0 unspecified atom stereocenters. The minimum Gasteiger partial charge on any atom is -0.493 e. The largest absolute Gasteiger partial charge is 0.493 e. The molecule has 1 aromatic heterocycles. The first-order chi connectivity index (χ1) is 18.7. The van der Waals surface area contributed by atoms with Crippen LogP contribution in [0.1, 0.15) is 28.8 Å². The summed E-state index contributed by atoms with van der Waals surface area (Å²) in [4.78, 5) is 29.0. The summed E-state index contributed by atoms with van der Waals surface area (Å²) in [6, 6.07) is 9.82. The SMILES string of the molecule is O=C(N[C@@H](Cc1ccc(-c2cc(F)c(F)cc2OCC2CC2)c2ncccc12)C(=O)O)c1c(F)cccc1F. The van der Waals surface area contributed by atoms with Gasteiger partial charge in [0, 0.05) is 35.2 Å². The number of rotatable bonds is 9. The standard InChI is InChI=1S/C29H22F4N2O4/c30-20-4-1-5-21(31)26(20)28(36)35-24(29(37)38)11-16-8-9-18(27-17(16)3-2-10-34-27)19-12-22(32)23(33)13-25(19)39-14-15-6-7-15/h1-5,8-10,12-13,15,24H,6-7,11,14H2,(H,35,36)(H,37,38)/t24-/m0/s1. The quantitative estimate of drug-likeness (QED) is 0.268. The monoisotopic (exact) mass is 538 g/mol. The number of aliphatic carboxylic acids is 1. The van der Waals surface area contributed by atoms with E-state index in [1.54, 1.807) is 24.3 Å². The Bertz CT molecular complexity index is 1570. The molecule has 0 radical (unpaired) electrons. The van der Waals surface area contributed by atoms with Crippen LogP contribution >= 0.6 is 0 Å². The molecule has 0 bridgehead atoms. The van der Waals surface area contributed by atoms with E-state index in [4.69, 9.17) is 4.74 Å². The summed E-state index contributed by atoms with van der Waals surface area (Å²) in [5.74, 6) is -6.47. The molecule has 39 heavy (non-hydrogen) atoms. The highest BCUT2D eigenvalue weighted by molar-refractivity contribution is 5.99. The number of amides is 1. The Labute approximate surface area is 220 Å². The van der Waals surface area contributed by atoms with Crippen molar-refractivity contribution in [3.05, 3.63) is 95.2 Å². The molecule has 1 atom stereocenters. The van der Waals surface area contributed by atoms with Crippen LogP contribution in [-0.4, -0.2) is 34.6 Å². The summed E-state index contributed by atoms with van der Waals surface area (Å²) in [5, 5.41) is 12.4. The predicted octanol–water partition coefficient (Wildman–Crippen LogP) is 5.67. The molecule has 4 aromatic rings. The zero-order chi connectivity index (χ0) is 27.7. The van der Waals surface area contributed by atoms with Gasteiger partial charge in [0.2, 0.25) is 0 Å². The van der Waals surface area contributed by atoms with Gasteiger partial charge in [0.1, 0.15) is 29.0 Å². The maximum atomic E-state index is 14.3. The van der Waals surface area contributed by atoms with Crippen LogP contribution in [0.5, 0.6) is 5.75 Å². The Morgan fingerprint density at radius 2 is 1.67 bits per heavy atom. The lowest BCUT2D eigenvalue weighted by Crippen LogP contribution is -2.43. The van der Waals surface area contributed by atoms with Gasteiger partial charge in [-0.25, -0.2) is 22.4 Å². The number of carboxylic acids is 1. The predicted molar refractivity (Wildman–Crippen MR) is 134 cm³/mol. The normalized spacial score (nSPS) is 13.7. The number of carbonyl (C=O) groups is 2. The first-order valence-corrected chi connectivity index (χ1v) is 12.2. The molecule has 1 amide bonds. The Morgan fingerprint density at radius 1 is 0.949 bits per heavy atom. The van der Waals surface area contributed by atoms with E-state index in [1.807, 2.05) is 0 Å². The third-order valence-corrected chi connectivity index (χ3v) is 6.56. The van der Waals surface area contributed by atoms with E-state index in [0.717, 1.165) is 43.2 Å². The fourth-order valence-electron chi connectivity index (χ4n) is 4.34. The average Bonchev–Trinajstić information content (AvgIpc) is 3.73. The molecule has 0 spiro atoms. The van der Waals surface area contributed by atoms with Gasteiger partial charge >= 0.3 is 5.97 Å². The minimum atomic E-state index is -1.54. The van der Waals surface area contributed by atoms with Crippen LogP contribution in [0, 0.1) is 29.2 Å². The smallest absolute Gasteiger partial charge is 0.326 e. The molecule has 3 aromatic carbocycles. The van der Waals surface area contributed by atoms with Crippen molar-refractivity contribution in [2.45, 2.75) is 25.3 Å². The summed E-state index contributed by atoms with van der Waals surface area (Å²) < 4.78 is 62.3. The van der Waals surface area contributed by atoms with Gasteiger partial charge in [-0.1, -0.05) is 24.3 Å². The van der Waals surface area contributed by atoms with Crippen molar-refractivity contribution in [1.82, 2.24) is 10.3 Å². The number of benzene rings is 3. The van der Waals surface area contributed by atoms with E-state index in [-0.39, 0.29) is 17.7 Å². The topological polar surface area (TPSA) is 88.5 Å². The van der Waals surface area contributed by atoms with Crippen LogP contribution in [0.3, 0.4) is 0 Å². The Morgan fingerprint density at radius 3 is 2.36 bits per heavy atom.